The van der Waals surface area contributed by atoms with E-state index in [0.29, 0.717) is 0 Å². The number of hydrogen-bond donors (Lipinski definition) is 1. The quantitative estimate of drug-likeness (QED) is 0.765. The molecule has 17 heavy (non-hydrogen) atoms. The second-order valence-electron chi connectivity index (χ2n) is 5.54. The van der Waals surface area contributed by atoms with Crippen LogP contribution in [0.25, 0.3) is 0 Å². The van der Waals surface area contributed by atoms with Crippen LogP contribution < -0.4 is 5.73 Å². The van der Waals surface area contributed by atoms with E-state index in [4.69, 9.17) is 10.5 Å². The fourth-order valence-corrected chi connectivity index (χ4v) is 3.16. The molecule has 1 atom stereocenters. The predicted octanol–water partition coefficient (Wildman–Crippen LogP) is 0.522. The standard InChI is InChI=1S/C13H27N3O/c1-15-6-3-7-16(9-8-15)13(12-14)4-2-10-17-11-5-13/h2-12,14H2,1H3. The lowest BCUT2D eigenvalue weighted by atomic mass is 9.88. The van der Waals surface area contributed by atoms with Crippen molar-refractivity contribution in [2.45, 2.75) is 31.2 Å². The number of likely N-dealkylation sites (N-methyl/N-ethyl adjacent to an activating group) is 1. The highest BCUT2D eigenvalue weighted by molar-refractivity contribution is 4.94. The van der Waals surface area contributed by atoms with Crippen LogP contribution >= 0.6 is 0 Å². The molecule has 100 valence electrons. The second-order valence-corrected chi connectivity index (χ2v) is 5.54. The van der Waals surface area contributed by atoms with Crippen molar-refractivity contribution in [3.63, 3.8) is 0 Å². The first-order valence-electron chi connectivity index (χ1n) is 6.98. The molecule has 4 heteroatoms. The van der Waals surface area contributed by atoms with Crippen LogP contribution in [0, 0.1) is 0 Å². The van der Waals surface area contributed by atoms with E-state index < -0.39 is 0 Å². The van der Waals surface area contributed by atoms with Gasteiger partial charge in [-0.05, 0) is 39.3 Å². The number of hydrogen-bond acceptors (Lipinski definition) is 4. The molecule has 4 nitrogen and oxygen atoms in total. The number of nitrogens with two attached hydrogens (primary N) is 1. The maximum atomic E-state index is 6.11. The first-order chi connectivity index (χ1) is 8.27. The molecule has 2 saturated heterocycles. The summed E-state index contributed by atoms with van der Waals surface area (Å²) in [6, 6.07) is 0. The van der Waals surface area contributed by atoms with Gasteiger partial charge in [-0.2, -0.15) is 0 Å². The third-order valence-electron chi connectivity index (χ3n) is 4.41. The van der Waals surface area contributed by atoms with Crippen LogP contribution in [0.5, 0.6) is 0 Å². The average Bonchev–Trinajstić information content (AvgIpc) is 2.70. The molecule has 0 aromatic heterocycles. The van der Waals surface area contributed by atoms with Crippen molar-refractivity contribution in [1.29, 1.82) is 0 Å². The first-order valence-corrected chi connectivity index (χ1v) is 6.98. The van der Waals surface area contributed by atoms with E-state index in [2.05, 4.69) is 16.8 Å². The van der Waals surface area contributed by atoms with Crippen LogP contribution in [-0.2, 0) is 4.74 Å². The molecular formula is C13H27N3O. The van der Waals surface area contributed by atoms with Crippen LogP contribution in [0.3, 0.4) is 0 Å². The summed E-state index contributed by atoms with van der Waals surface area (Å²) in [6.07, 6.45) is 4.73. The maximum Gasteiger partial charge on any atom is 0.0484 e. The van der Waals surface area contributed by atoms with Crippen LogP contribution in [0.15, 0.2) is 0 Å². The van der Waals surface area contributed by atoms with E-state index >= 15 is 0 Å². The molecular weight excluding hydrogens is 214 g/mol. The van der Waals surface area contributed by atoms with Crippen LogP contribution in [0.1, 0.15) is 25.7 Å². The second kappa shape index (κ2) is 6.14. The van der Waals surface area contributed by atoms with Crippen molar-refractivity contribution in [3.05, 3.63) is 0 Å². The van der Waals surface area contributed by atoms with Crippen LogP contribution in [0.2, 0.25) is 0 Å². The Kier molecular flexibility index (Phi) is 4.79. The molecule has 2 N–H and O–H groups in total. The van der Waals surface area contributed by atoms with Crippen molar-refractivity contribution in [1.82, 2.24) is 9.80 Å². The average molecular weight is 241 g/mol. The molecule has 0 radical (unpaired) electrons. The summed E-state index contributed by atoms with van der Waals surface area (Å²) in [7, 11) is 2.22. The molecule has 2 aliphatic rings. The normalized spacial score (nSPS) is 34.2. The summed E-state index contributed by atoms with van der Waals surface area (Å²) in [4.78, 5) is 5.07. The zero-order valence-electron chi connectivity index (χ0n) is 11.2. The molecule has 0 bridgehead atoms. The molecule has 0 aromatic rings. The Morgan fingerprint density at radius 3 is 2.76 bits per heavy atom. The highest BCUT2D eigenvalue weighted by Crippen LogP contribution is 2.28. The van der Waals surface area contributed by atoms with Crippen molar-refractivity contribution in [3.8, 4) is 0 Å². The van der Waals surface area contributed by atoms with Gasteiger partial charge in [0.1, 0.15) is 0 Å². The number of ether oxygens (including phenoxy) is 1. The Bertz CT molecular complexity index is 227. The van der Waals surface area contributed by atoms with Gasteiger partial charge in [-0.1, -0.05) is 0 Å². The third-order valence-corrected chi connectivity index (χ3v) is 4.41. The highest BCUT2D eigenvalue weighted by atomic mass is 16.5. The maximum absolute atomic E-state index is 6.11. The van der Waals surface area contributed by atoms with Gasteiger partial charge in [-0.3, -0.25) is 4.90 Å². The van der Waals surface area contributed by atoms with Gasteiger partial charge >= 0.3 is 0 Å². The molecule has 0 spiro atoms. The lowest BCUT2D eigenvalue weighted by Gasteiger charge is -2.42. The zero-order valence-corrected chi connectivity index (χ0v) is 11.2. The fraction of sp³-hybridized carbons (Fsp3) is 1.00. The van der Waals surface area contributed by atoms with Gasteiger partial charge in [-0.25, -0.2) is 0 Å². The first kappa shape index (κ1) is 13.3. The lowest BCUT2D eigenvalue weighted by molar-refractivity contribution is 0.0705. The molecule has 0 aliphatic carbocycles. The van der Waals surface area contributed by atoms with Crippen LogP contribution in [0.4, 0.5) is 0 Å². The van der Waals surface area contributed by atoms with Gasteiger partial charge in [0.05, 0.1) is 0 Å². The molecule has 2 aliphatic heterocycles. The Hall–Kier alpha value is -0.160. The summed E-state index contributed by atoms with van der Waals surface area (Å²) in [5, 5.41) is 0. The molecule has 0 amide bonds. The number of rotatable bonds is 2. The zero-order chi connectivity index (χ0) is 12.1. The summed E-state index contributed by atoms with van der Waals surface area (Å²) in [5.41, 5.74) is 6.32. The van der Waals surface area contributed by atoms with Gasteiger partial charge in [-0.15, -0.1) is 0 Å². The van der Waals surface area contributed by atoms with E-state index in [1.165, 1.54) is 32.5 Å². The van der Waals surface area contributed by atoms with E-state index in [1.54, 1.807) is 0 Å². The molecule has 2 rings (SSSR count). The van der Waals surface area contributed by atoms with Crippen LogP contribution in [-0.4, -0.2) is 68.3 Å². The summed E-state index contributed by atoms with van der Waals surface area (Å²) < 4.78 is 5.60. The highest BCUT2D eigenvalue weighted by Gasteiger charge is 2.36. The summed E-state index contributed by atoms with van der Waals surface area (Å²) >= 11 is 0. The minimum atomic E-state index is 0.210. The lowest BCUT2D eigenvalue weighted by Crippen LogP contribution is -2.55. The van der Waals surface area contributed by atoms with Gasteiger partial charge in [0.25, 0.3) is 0 Å². The minimum absolute atomic E-state index is 0.210. The Balaban J connectivity index is 2.04. The van der Waals surface area contributed by atoms with Gasteiger partial charge in [0, 0.05) is 44.9 Å². The number of nitrogens with zero attached hydrogens (tertiary/aromatic N) is 2. The summed E-state index contributed by atoms with van der Waals surface area (Å²) in [6.45, 7) is 7.31. The Morgan fingerprint density at radius 2 is 1.94 bits per heavy atom. The Labute approximate surface area is 105 Å². The predicted molar refractivity (Wildman–Crippen MR) is 70.1 cm³/mol. The third kappa shape index (κ3) is 3.19. The van der Waals surface area contributed by atoms with Gasteiger partial charge in [0.15, 0.2) is 0 Å². The van der Waals surface area contributed by atoms with Gasteiger partial charge < -0.3 is 15.4 Å². The van der Waals surface area contributed by atoms with Gasteiger partial charge in [0.2, 0.25) is 0 Å². The van der Waals surface area contributed by atoms with E-state index in [9.17, 15) is 0 Å². The van der Waals surface area contributed by atoms with E-state index in [1.807, 2.05) is 0 Å². The fourth-order valence-electron chi connectivity index (χ4n) is 3.16. The van der Waals surface area contributed by atoms with E-state index in [0.717, 1.165) is 39.1 Å². The monoisotopic (exact) mass is 241 g/mol. The molecule has 2 heterocycles. The van der Waals surface area contributed by atoms with Crippen molar-refractivity contribution in [2.75, 3.05) is 53.0 Å². The Morgan fingerprint density at radius 1 is 1.06 bits per heavy atom. The molecule has 1 unspecified atom stereocenters. The van der Waals surface area contributed by atoms with Crippen molar-refractivity contribution >= 4 is 0 Å². The SMILES string of the molecule is CN1CCCN(C2(CN)CCCOCC2)CC1. The molecule has 2 fully saturated rings. The largest absolute Gasteiger partial charge is 0.381 e. The minimum Gasteiger partial charge on any atom is -0.381 e. The van der Waals surface area contributed by atoms with Crippen molar-refractivity contribution < 1.29 is 4.74 Å². The molecule has 0 saturated carbocycles. The van der Waals surface area contributed by atoms with Crippen molar-refractivity contribution in [2.24, 2.45) is 5.73 Å². The summed E-state index contributed by atoms with van der Waals surface area (Å²) in [5.74, 6) is 0. The molecule has 0 aromatic carbocycles. The topological polar surface area (TPSA) is 41.7 Å². The smallest absolute Gasteiger partial charge is 0.0484 e. The van der Waals surface area contributed by atoms with E-state index in [-0.39, 0.29) is 5.54 Å².